The van der Waals surface area contributed by atoms with Crippen LogP contribution in [0.5, 0.6) is 0 Å². The topological polar surface area (TPSA) is 38.7 Å². The lowest BCUT2D eigenvalue weighted by Gasteiger charge is -2.15. The highest BCUT2D eigenvalue weighted by Gasteiger charge is 2.19. The first kappa shape index (κ1) is 25.8. The number of rotatable bonds is 5. The van der Waals surface area contributed by atoms with Crippen LogP contribution in [-0.4, -0.2) is 15.0 Å². The fraction of sp³-hybridized carbons (Fsp3) is 0. The first-order valence-electron chi connectivity index (χ1n) is 14.8. The van der Waals surface area contributed by atoms with Gasteiger partial charge in [-0.3, -0.25) is 0 Å². The molecule has 0 atom stereocenters. The van der Waals surface area contributed by atoms with Crippen molar-refractivity contribution in [1.29, 1.82) is 0 Å². The van der Waals surface area contributed by atoms with Gasteiger partial charge in [-0.15, -0.1) is 0 Å². The van der Waals surface area contributed by atoms with E-state index in [0.29, 0.717) is 17.5 Å². The van der Waals surface area contributed by atoms with Gasteiger partial charge in [0.05, 0.1) is 0 Å². The monoisotopic (exact) mass is 561 g/mol. The summed E-state index contributed by atoms with van der Waals surface area (Å²) in [5, 5.41) is 4.51. The lowest BCUT2D eigenvalue weighted by atomic mass is 9.93. The quantitative estimate of drug-likeness (QED) is 0.210. The van der Waals surface area contributed by atoms with E-state index in [1.54, 1.807) is 0 Å². The van der Waals surface area contributed by atoms with Crippen molar-refractivity contribution in [3.8, 4) is 56.4 Å². The minimum Gasteiger partial charge on any atom is -0.208 e. The maximum absolute atomic E-state index is 5.27. The zero-order chi connectivity index (χ0) is 29.3. The summed E-state index contributed by atoms with van der Waals surface area (Å²) in [6.45, 7) is 0. The van der Waals surface area contributed by atoms with Crippen molar-refractivity contribution in [2.45, 2.75) is 0 Å². The van der Waals surface area contributed by atoms with Crippen molar-refractivity contribution in [3.05, 3.63) is 164 Å². The molecule has 8 aromatic rings. The molecule has 0 aliphatic rings. The Morgan fingerprint density at radius 3 is 1.48 bits per heavy atom. The Morgan fingerprint density at radius 2 is 0.773 bits per heavy atom. The Hall–Kier alpha value is -5.93. The molecular weight excluding hydrogens is 534 g/mol. The van der Waals surface area contributed by atoms with Crippen molar-refractivity contribution in [1.82, 2.24) is 15.0 Å². The molecule has 0 spiro atoms. The molecule has 8 rings (SSSR count). The van der Waals surface area contributed by atoms with Crippen LogP contribution in [0.3, 0.4) is 0 Å². The van der Waals surface area contributed by atoms with Crippen LogP contribution in [0.15, 0.2) is 164 Å². The van der Waals surface area contributed by atoms with E-state index in [0.717, 1.165) is 49.4 Å². The van der Waals surface area contributed by atoms with Crippen LogP contribution in [-0.2, 0) is 0 Å². The second kappa shape index (κ2) is 11.0. The van der Waals surface area contributed by atoms with E-state index in [2.05, 4.69) is 140 Å². The Morgan fingerprint density at radius 1 is 0.273 bits per heavy atom. The molecule has 44 heavy (non-hydrogen) atoms. The number of hydrogen-bond acceptors (Lipinski definition) is 3. The fourth-order valence-electron chi connectivity index (χ4n) is 6.07. The number of hydrogen-bond donors (Lipinski definition) is 0. The SMILES string of the molecule is c1ccc(-c2nc(-c3c(-c4ccccc4)ccc4ccccc34)nc(-c3cccc4c(-c5ccccc5)cccc34)n2)cc1. The van der Waals surface area contributed by atoms with Gasteiger partial charge in [-0.25, -0.2) is 15.0 Å². The fourth-order valence-corrected chi connectivity index (χ4v) is 6.07. The second-order valence-corrected chi connectivity index (χ2v) is 10.8. The van der Waals surface area contributed by atoms with Crippen LogP contribution < -0.4 is 0 Å². The van der Waals surface area contributed by atoms with Gasteiger partial charge in [0.1, 0.15) is 0 Å². The van der Waals surface area contributed by atoms with E-state index >= 15 is 0 Å². The number of fused-ring (bicyclic) bond motifs is 2. The van der Waals surface area contributed by atoms with Crippen LogP contribution in [0, 0.1) is 0 Å². The molecule has 0 unspecified atom stereocenters. The summed E-state index contributed by atoms with van der Waals surface area (Å²) < 4.78 is 0. The van der Waals surface area contributed by atoms with E-state index in [-0.39, 0.29) is 0 Å². The molecule has 0 amide bonds. The zero-order valence-corrected chi connectivity index (χ0v) is 23.9. The minimum absolute atomic E-state index is 0.647. The van der Waals surface area contributed by atoms with E-state index < -0.39 is 0 Å². The number of aromatic nitrogens is 3. The van der Waals surface area contributed by atoms with Crippen molar-refractivity contribution in [3.63, 3.8) is 0 Å². The van der Waals surface area contributed by atoms with Crippen LogP contribution in [0.25, 0.3) is 78.0 Å². The highest BCUT2D eigenvalue weighted by molar-refractivity contribution is 6.05. The Balaban J connectivity index is 1.43. The molecule has 3 heteroatoms. The average molecular weight is 562 g/mol. The largest absolute Gasteiger partial charge is 0.208 e. The van der Waals surface area contributed by atoms with Gasteiger partial charge in [0.25, 0.3) is 0 Å². The minimum atomic E-state index is 0.647. The third kappa shape index (κ3) is 4.61. The Labute approximate surface area is 256 Å². The molecule has 0 aliphatic carbocycles. The summed E-state index contributed by atoms with van der Waals surface area (Å²) in [5.74, 6) is 1.95. The third-order valence-electron chi connectivity index (χ3n) is 8.15. The highest BCUT2D eigenvalue weighted by Crippen LogP contribution is 2.39. The molecule has 0 saturated heterocycles. The zero-order valence-electron chi connectivity index (χ0n) is 23.9. The van der Waals surface area contributed by atoms with Gasteiger partial charge >= 0.3 is 0 Å². The molecule has 0 saturated carbocycles. The molecule has 1 aromatic heterocycles. The standard InChI is InChI=1S/C41H27N3/c1-4-14-28(15-5-1)32-22-12-24-36-35(32)23-13-25-37(36)40-42-39(31-19-8-3-9-20-31)43-41(44-40)38-33-21-11-10-18-30(33)26-27-34(38)29-16-6-2-7-17-29/h1-27H. The van der Waals surface area contributed by atoms with Crippen molar-refractivity contribution in [2.75, 3.05) is 0 Å². The van der Waals surface area contributed by atoms with Gasteiger partial charge in [-0.05, 0) is 43.8 Å². The summed E-state index contributed by atoms with van der Waals surface area (Å²) in [7, 11) is 0. The van der Waals surface area contributed by atoms with Crippen LogP contribution in [0.1, 0.15) is 0 Å². The molecular formula is C41H27N3. The number of benzene rings is 7. The van der Waals surface area contributed by atoms with Gasteiger partial charge in [0.2, 0.25) is 0 Å². The van der Waals surface area contributed by atoms with E-state index in [1.807, 2.05) is 24.3 Å². The maximum Gasteiger partial charge on any atom is 0.165 e. The average Bonchev–Trinajstić information content (AvgIpc) is 3.11. The predicted molar refractivity (Wildman–Crippen MR) is 182 cm³/mol. The molecule has 0 radical (unpaired) electrons. The third-order valence-corrected chi connectivity index (χ3v) is 8.15. The molecule has 7 aromatic carbocycles. The van der Waals surface area contributed by atoms with E-state index in [4.69, 9.17) is 15.0 Å². The Bertz CT molecular complexity index is 2260. The number of nitrogens with zero attached hydrogens (tertiary/aromatic N) is 3. The molecule has 0 aliphatic heterocycles. The van der Waals surface area contributed by atoms with Crippen molar-refractivity contribution >= 4 is 21.5 Å². The van der Waals surface area contributed by atoms with Gasteiger partial charge in [-0.2, -0.15) is 0 Å². The van der Waals surface area contributed by atoms with Crippen LogP contribution in [0.4, 0.5) is 0 Å². The normalized spacial score (nSPS) is 11.2. The van der Waals surface area contributed by atoms with Gasteiger partial charge < -0.3 is 0 Å². The van der Waals surface area contributed by atoms with Gasteiger partial charge in [0.15, 0.2) is 17.5 Å². The second-order valence-electron chi connectivity index (χ2n) is 10.8. The first-order valence-corrected chi connectivity index (χ1v) is 14.8. The highest BCUT2D eigenvalue weighted by atomic mass is 15.0. The summed E-state index contributed by atoms with van der Waals surface area (Å²) in [4.78, 5) is 15.5. The molecule has 0 bridgehead atoms. The summed E-state index contributed by atoms with van der Waals surface area (Å²) in [6.07, 6.45) is 0. The summed E-state index contributed by atoms with van der Waals surface area (Å²) >= 11 is 0. The van der Waals surface area contributed by atoms with E-state index in [9.17, 15) is 0 Å². The van der Waals surface area contributed by atoms with E-state index in [1.165, 1.54) is 11.1 Å². The van der Waals surface area contributed by atoms with Gasteiger partial charge in [-0.1, -0.05) is 164 Å². The summed E-state index contributed by atoms with van der Waals surface area (Å²) in [5.41, 5.74) is 7.49. The first-order chi connectivity index (χ1) is 21.8. The molecule has 206 valence electrons. The van der Waals surface area contributed by atoms with Crippen LogP contribution in [0.2, 0.25) is 0 Å². The predicted octanol–water partition coefficient (Wildman–Crippen LogP) is 10.5. The summed E-state index contributed by atoms with van der Waals surface area (Å²) in [6, 6.07) is 56.8. The lowest BCUT2D eigenvalue weighted by Crippen LogP contribution is -2.02. The van der Waals surface area contributed by atoms with Crippen molar-refractivity contribution < 1.29 is 0 Å². The maximum atomic E-state index is 5.27. The molecule has 3 nitrogen and oxygen atoms in total. The molecule has 1 heterocycles. The molecule has 0 N–H and O–H groups in total. The van der Waals surface area contributed by atoms with Gasteiger partial charge in [0, 0.05) is 16.7 Å². The smallest absolute Gasteiger partial charge is 0.165 e. The lowest BCUT2D eigenvalue weighted by molar-refractivity contribution is 1.08. The van der Waals surface area contributed by atoms with Crippen molar-refractivity contribution in [2.24, 2.45) is 0 Å². The van der Waals surface area contributed by atoms with Crippen LogP contribution >= 0.6 is 0 Å². The Kier molecular flexibility index (Phi) is 6.47. The molecule has 0 fully saturated rings.